The normalized spacial score (nSPS) is 10.6. The molecule has 0 aliphatic rings. The minimum atomic E-state index is -0.913. The molecular formula is C11H7BrF2N2S. The van der Waals surface area contributed by atoms with Gasteiger partial charge in [-0.3, -0.25) is 0 Å². The van der Waals surface area contributed by atoms with Gasteiger partial charge in [0.05, 0.1) is 4.47 Å². The van der Waals surface area contributed by atoms with E-state index >= 15 is 0 Å². The molecule has 0 radical (unpaired) electrons. The Morgan fingerprint density at radius 1 is 1.29 bits per heavy atom. The Morgan fingerprint density at radius 2 is 2.00 bits per heavy atom. The molecule has 0 saturated heterocycles. The van der Waals surface area contributed by atoms with Crippen molar-refractivity contribution in [3.05, 3.63) is 44.6 Å². The first-order valence-corrected chi connectivity index (χ1v) is 5.91. The Balaban J connectivity index is 2.61. The molecule has 6 heteroatoms. The van der Waals surface area contributed by atoms with Crippen LogP contribution in [0, 0.1) is 23.2 Å². The number of nitrogens with zero attached hydrogens (tertiary/aromatic N) is 1. The summed E-state index contributed by atoms with van der Waals surface area (Å²) >= 11 is 8.32. The van der Waals surface area contributed by atoms with Crippen LogP contribution in [0.3, 0.4) is 0 Å². The number of aromatic amines is 1. The van der Waals surface area contributed by atoms with E-state index in [0.717, 1.165) is 17.8 Å². The minimum absolute atomic E-state index is 0.376. The first-order valence-electron chi connectivity index (χ1n) is 4.71. The highest BCUT2D eigenvalue weighted by atomic mass is 79.9. The van der Waals surface area contributed by atoms with Crippen LogP contribution in [0.15, 0.2) is 22.7 Å². The van der Waals surface area contributed by atoms with E-state index in [0.29, 0.717) is 20.5 Å². The van der Waals surface area contributed by atoms with Crippen LogP contribution in [0.25, 0.3) is 11.4 Å². The molecule has 2 aromatic rings. The predicted octanol–water partition coefficient (Wildman–Crippen LogP) is 4.16. The molecule has 0 aliphatic carbocycles. The zero-order valence-corrected chi connectivity index (χ0v) is 11.1. The third-order valence-corrected chi connectivity index (χ3v) is 3.76. The molecule has 0 unspecified atom stereocenters. The van der Waals surface area contributed by atoms with Gasteiger partial charge in [-0.25, -0.2) is 13.8 Å². The molecule has 88 valence electrons. The molecule has 0 fully saturated rings. The number of H-pyrrole nitrogens is 1. The van der Waals surface area contributed by atoms with Gasteiger partial charge in [0.1, 0.15) is 10.5 Å². The Hall–Kier alpha value is -1.14. The maximum absolute atomic E-state index is 13.1. The maximum atomic E-state index is 13.1. The minimum Gasteiger partial charge on any atom is -0.342 e. The fourth-order valence-electron chi connectivity index (χ4n) is 1.35. The molecular weight excluding hydrogens is 310 g/mol. The second-order valence-electron chi connectivity index (χ2n) is 3.46. The summed E-state index contributed by atoms with van der Waals surface area (Å²) < 4.78 is 27.0. The van der Waals surface area contributed by atoms with E-state index in [4.69, 9.17) is 12.2 Å². The second-order valence-corrected chi connectivity index (χ2v) is 4.64. The molecule has 0 saturated carbocycles. The van der Waals surface area contributed by atoms with Crippen LogP contribution in [0.2, 0.25) is 0 Å². The SMILES string of the molecule is Cc1[nH]c(-c2ccc(F)c(F)c2)nc(=S)c1Br. The van der Waals surface area contributed by atoms with Crippen molar-refractivity contribution in [2.24, 2.45) is 0 Å². The lowest BCUT2D eigenvalue weighted by atomic mass is 10.2. The van der Waals surface area contributed by atoms with Crippen molar-refractivity contribution in [3.8, 4) is 11.4 Å². The smallest absolute Gasteiger partial charge is 0.159 e. The molecule has 17 heavy (non-hydrogen) atoms. The summed E-state index contributed by atoms with van der Waals surface area (Å²) in [4.78, 5) is 7.06. The van der Waals surface area contributed by atoms with Gasteiger partial charge in [-0.15, -0.1) is 0 Å². The van der Waals surface area contributed by atoms with E-state index in [1.807, 2.05) is 6.92 Å². The van der Waals surface area contributed by atoms with Crippen LogP contribution < -0.4 is 0 Å². The largest absolute Gasteiger partial charge is 0.342 e. The lowest BCUT2D eigenvalue weighted by Gasteiger charge is -2.05. The number of benzene rings is 1. The molecule has 1 aromatic carbocycles. The van der Waals surface area contributed by atoms with Gasteiger partial charge >= 0.3 is 0 Å². The fourth-order valence-corrected chi connectivity index (χ4v) is 1.78. The highest BCUT2D eigenvalue weighted by molar-refractivity contribution is 9.10. The van der Waals surface area contributed by atoms with Crippen LogP contribution in [0.1, 0.15) is 5.69 Å². The summed E-state index contributed by atoms with van der Waals surface area (Å²) in [6.07, 6.45) is 0. The van der Waals surface area contributed by atoms with E-state index in [1.54, 1.807) is 0 Å². The van der Waals surface area contributed by atoms with Gasteiger partial charge in [-0.1, -0.05) is 12.2 Å². The molecule has 1 aromatic heterocycles. The van der Waals surface area contributed by atoms with E-state index in [9.17, 15) is 8.78 Å². The number of hydrogen-bond donors (Lipinski definition) is 1. The Morgan fingerprint density at radius 3 is 2.59 bits per heavy atom. The molecule has 0 bridgehead atoms. The highest BCUT2D eigenvalue weighted by Crippen LogP contribution is 2.21. The fraction of sp³-hybridized carbons (Fsp3) is 0.0909. The molecule has 2 nitrogen and oxygen atoms in total. The van der Waals surface area contributed by atoms with Gasteiger partial charge in [0.15, 0.2) is 11.6 Å². The second kappa shape index (κ2) is 4.62. The molecule has 1 heterocycles. The van der Waals surface area contributed by atoms with Crippen molar-refractivity contribution in [2.45, 2.75) is 6.92 Å². The first-order chi connectivity index (χ1) is 7.99. The van der Waals surface area contributed by atoms with Crippen LogP contribution in [-0.4, -0.2) is 9.97 Å². The molecule has 0 aliphatic heterocycles. The van der Waals surface area contributed by atoms with E-state index in [1.165, 1.54) is 6.07 Å². The van der Waals surface area contributed by atoms with Crippen molar-refractivity contribution in [1.29, 1.82) is 0 Å². The van der Waals surface area contributed by atoms with Gasteiger partial charge in [0.2, 0.25) is 0 Å². The third-order valence-electron chi connectivity index (χ3n) is 2.23. The summed E-state index contributed by atoms with van der Waals surface area (Å²) in [6, 6.07) is 3.58. The van der Waals surface area contributed by atoms with Crippen molar-refractivity contribution < 1.29 is 8.78 Å². The quantitative estimate of drug-likeness (QED) is 0.800. The lowest BCUT2D eigenvalue weighted by Crippen LogP contribution is -1.95. The Labute approximate surface area is 110 Å². The average Bonchev–Trinajstić information content (AvgIpc) is 2.29. The highest BCUT2D eigenvalue weighted by Gasteiger charge is 2.08. The van der Waals surface area contributed by atoms with Gasteiger partial charge in [-0.05, 0) is 41.1 Å². The number of aromatic nitrogens is 2. The molecule has 1 N–H and O–H groups in total. The number of nitrogens with one attached hydrogen (secondary N) is 1. The van der Waals surface area contributed by atoms with Crippen LogP contribution >= 0.6 is 28.1 Å². The zero-order chi connectivity index (χ0) is 12.6. The summed E-state index contributed by atoms with van der Waals surface area (Å²) in [7, 11) is 0. The van der Waals surface area contributed by atoms with Gasteiger partial charge in [-0.2, -0.15) is 0 Å². The first kappa shape index (κ1) is 12.3. The molecule has 0 atom stereocenters. The van der Waals surface area contributed by atoms with Gasteiger partial charge in [0, 0.05) is 11.3 Å². The summed E-state index contributed by atoms with van der Waals surface area (Å²) in [5, 5.41) is 0. The number of aryl methyl sites for hydroxylation is 1. The topological polar surface area (TPSA) is 28.7 Å². The summed E-state index contributed by atoms with van der Waals surface area (Å²) in [5.74, 6) is -1.39. The molecule has 2 rings (SSSR count). The van der Waals surface area contributed by atoms with Crippen molar-refractivity contribution in [2.75, 3.05) is 0 Å². The Kier molecular flexibility index (Phi) is 3.35. The third kappa shape index (κ3) is 2.42. The van der Waals surface area contributed by atoms with Crippen molar-refractivity contribution in [3.63, 3.8) is 0 Å². The van der Waals surface area contributed by atoms with E-state index in [-0.39, 0.29) is 0 Å². The number of hydrogen-bond acceptors (Lipinski definition) is 2. The molecule has 0 spiro atoms. The predicted molar refractivity (Wildman–Crippen MR) is 67.2 cm³/mol. The zero-order valence-electron chi connectivity index (χ0n) is 8.72. The molecule has 0 amide bonds. The van der Waals surface area contributed by atoms with Crippen LogP contribution in [0.4, 0.5) is 8.78 Å². The van der Waals surface area contributed by atoms with Gasteiger partial charge < -0.3 is 4.98 Å². The summed E-state index contributed by atoms with van der Waals surface area (Å²) in [5.41, 5.74) is 1.23. The van der Waals surface area contributed by atoms with Crippen molar-refractivity contribution >= 4 is 28.1 Å². The Bertz CT molecular complexity index is 640. The lowest BCUT2D eigenvalue weighted by molar-refractivity contribution is 0.509. The summed E-state index contributed by atoms with van der Waals surface area (Å²) in [6.45, 7) is 1.81. The van der Waals surface area contributed by atoms with Gasteiger partial charge in [0.25, 0.3) is 0 Å². The van der Waals surface area contributed by atoms with E-state index < -0.39 is 11.6 Å². The number of halogens is 3. The monoisotopic (exact) mass is 316 g/mol. The maximum Gasteiger partial charge on any atom is 0.159 e. The van der Waals surface area contributed by atoms with Crippen molar-refractivity contribution in [1.82, 2.24) is 9.97 Å². The number of rotatable bonds is 1. The van der Waals surface area contributed by atoms with E-state index in [2.05, 4.69) is 25.9 Å². The standard InChI is InChI=1S/C11H7BrF2N2S/c1-5-9(12)11(17)16-10(15-5)6-2-3-7(13)8(14)4-6/h2-4H,1H3,(H,15,16,17). The van der Waals surface area contributed by atoms with Crippen LogP contribution in [0.5, 0.6) is 0 Å². The van der Waals surface area contributed by atoms with Crippen LogP contribution in [-0.2, 0) is 0 Å². The average molecular weight is 317 g/mol.